The van der Waals surface area contributed by atoms with Gasteiger partial charge in [-0.05, 0) is 30.7 Å². The summed E-state index contributed by atoms with van der Waals surface area (Å²) >= 11 is 0. The molecule has 9 heteroatoms. The van der Waals surface area contributed by atoms with Crippen LogP contribution in [0.1, 0.15) is 19.8 Å². The number of methoxy groups -OCH3 is 1. The number of ether oxygens (including phenoxy) is 1. The summed E-state index contributed by atoms with van der Waals surface area (Å²) in [6.45, 7) is 2.14. The van der Waals surface area contributed by atoms with E-state index in [9.17, 15) is 20.7 Å². The van der Waals surface area contributed by atoms with Gasteiger partial charge in [0.25, 0.3) is 0 Å². The maximum Gasteiger partial charge on any atom is 0.332 e. The topological polar surface area (TPSA) is 89.5 Å². The summed E-state index contributed by atoms with van der Waals surface area (Å²) < 4.78 is 65.8. The van der Waals surface area contributed by atoms with Crippen molar-refractivity contribution in [2.24, 2.45) is 0 Å². The first-order chi connectivity index (χ1) is 9.70. The number of halogens is 1. The molecule has 0 aliphatic heterocycles. The number of benzene rings is 1. The third-order valence-electron chi connectivity index (χ3n) is 2.74. The molecule has 0 fully saturated rings. The first-order valence-corrected chi connectivity index (χ1v) is 9.13. The fraction of sp³-hybridized carbons (Fsp3) is 0.500. The molecule has 0 saturated heterocycles. The molecule has 0 aliphatic rings. The second-order valence-corrected chi connectivity index (χ2v) is 7.53. The van der Waals surface area contributed by atoms with Gasteiger partial charge in [-0.1, -0.05) is 13.3 Å². The van der Waals surface area contributed by atoms with Crippen LogP contribution in [0.3, 0.4) is 0 Å². The van der Waals surface area contributed by atoms with Crippen LogP contribution in [0.5, 0.6) is 0 Å². The molecule has 0 radical (unpaired) electrons. The third kappa shape index (κ3) is 5.34. The van der Waals surface area contributed by atoms with Crippen LogP contribution < -0.4 is 4.72 Å². The van der Waals surface area contributed by atoms with Gasteiger partial charge in [0.1, 0.15) is 0 Å². The van der Waals surface area contributed by atoms with E-state index >= 15 is 0 Å². The summed E-state index contributed by atoms with van der Waals surface area (Å²) in [6.07, 6.45) is 1.37. The molecule has 120 valence electrons. The second kappa shape index (κ2) is 7.30. The summed E-state index contributed by atoms with van der Waals surface area (Å²) in [5.74, 6) is 0. The number of nitrogens with one attached hydrogen (secondary N) is 1. The van der Waals surface area contributed by atoms with Crippen LogP contribution in [0.25, 0.3) is 0 Å². The second-order valence-electron chi connectivity index (χ2n) is 4.47. The Bertz CT molecular complexity index is 649. The van der Waals surface area contributed by atoms with E-state index in [1.807, 2.05) is 6.92 Å². The summed E-state index contributed by atoms with van der Waals surface area (Å²) in [7, 11) is -7.18. The zero-order valence-electron chi connectivity index (χ0n) is 11.7. The predicted molar refractivity (Wildman–Crippen MR) is 75.6 cm³/mol. The molecule has 1 atom stereocenters. The highest BCUT2D eigenvalue weighted by Crippen LogP contribution is 2.16. The van der Waals surface area contributed by atoms with E-state index in [-0.39, 0.29) is 17.5 Å². The van der Waals surface area contributed by atoms with Crippen molar-refractivity contribution in [1.29, 1.82) is 0 Å². The molecular formula is C12H18FNO5S2. The smallest absolute Gasteiger partial charge is 0.332 e. The molecular weight excluding hydrogens is 321 g/mol. The van der Waals surface area contributed by atoms with Crippen LogP contribution in [0.2, 0.25) is 0 Å². The quantitative estimate of drug-likeness (QED) is 0.724. The van der Waals surface area contributed by atoms with Gasteiger partial charge < -0.3 is 4.74 Å². The molecule has 0 bridgehead atoms. The molecule has 1 N–H and O–H groups in total. The van der Waals surface area contributed by atoms with Crippen molar-refractivity contribution in [2.45, 2.75) is 35.6 Å². The van der Waals surface area contributed by atoms with Crippen LogP contribution in [-0.2, 0) is 25.0 Å². The minimum absolute atomic E-state index is 0.132. The zero-order chi connectivity index (χ0) is 16.1. The van der Waals surface area contributed by atoms with Crippen LogP contribution in [0.15, 0.2) is 34.1 Å². The van der Waals surface area contributed by atoms with Crippen molar-refractivity contribution in [3.63, 3.8) is 0 Å². The summed E-state index contributed by atoms with van der Waals surface area (Å²) in [4.78, 5) is -0.712. The molecule has 1 aromatic carbocycles. The van der Waals surface area contributed by atoms with Gasteiger partial charge in [-0.2, -0.15) is 8.42 Å². The molecule has 0 heterocycles. The Kier molecular flexibility index (Phi) is 6.26. The van der Waals surface area contributed by atoms with E-state index in [1.165, 1.54) is 7.11 Å². The summed E-state index contributed by atoms with van der Waals surface area (Å²) in [6, 6.07) is 3.54. The first kappa shape index (κ1) is 18.0. The fourth-order valence-electron chi connectivity index (χ4n) is 1.79. The van der Waals surface area contributed by atoms with Gasteiger partial charge in [0.15, 0.2) is 0 Å². The van der Waals surface area contributed by atoms with Crippen LogP contribution in [-0.4, -0.2) is 36.6 Å². The average Bonchev–Trinajstić information content (AvgIpc) is 2.38. The normalized spacial score (nSPS) is 14.0. The van der Waals surface area contributed by atoms with Crippen molar-refractivity contribution < 1.29 is 25.5 Å². The van der Waals surface area contributed by atoms with Crippen molar-refractivity contribution in [1.82, 2.24) is 4.72 Å². The standard InChI is InChI=1S/C12H18FNO5S2/c1-3-4-10(9-19-2)14-21(17,18)12-7-5-11(6-8-12)20(13,15)16/h5-8,10,14H,3-4,9H2,1-2H3. The highest BCUT2D eigenvalue weighted by Gasteiger charge is 2.20. The number of hydrogen-bond donors (Lipinski definition) is 1. The van der Waals surface area contributed by atoms with Gasteiger partial charge in [-0.3, -0.25) is 0 Å². The maximum absolute atomic E-state index is 12.8. The average molecular weight is 339 g/mol. The Morgan fingerprint density at radius 1 is 1.14 bits per heavy atom. The van der Waals surface area contributed by atoms with Gasteiger partial charge in [-0.15, -0.1) is 3.89 Å². The molecule has 0 amide bonds. The molecule has 0 aliphatic carbocycles. The Labute approximate surface area is 124 Å². The SMILES string of the molecule is CCCC(COC)NS(=O)(=O)c1ccc(S(=O)(=O)F)cc1. The van der Waals surface area contributed by atoms with E-state index < -0.39 is 25.1 Å². The summed E-state index contributed by atoms with van der Waals surface area (Å²) in [5, 5.41) is 0. The molecule has 0 aromatic heterocycles. The zero-order valence-corrected chi connectivity index (χ0v) is 13.4. The predicted octanol–water partition coefficient (Wildman–Crippen LogP) is 1.44. The Morgan fingerprint density at radius 2 is 1.67 bits per heavy atom. The maximum atomic E-state index is 12.8. The van der Waals surface area contributed by atoms with E-state index in [1.54, 1.807) is 0 Å². The molecule has 6 nitrogen and oxygen atoms in total. The van der Waals surface area contributed by atoms with Gasteiger partial charge in [0, 0.05) is 13.2 Å². The number of rotatable bonds is 8. The molecule has 0 spiro atoms. The lowest BCUT2D eigenvalue weighted by Gasteiger charge is -2.17. The Hall–Kier alpha value is -1.03. The van der Waals surface area contributed by atoms with Crippen LogP contribution in [0, 0.1) is 0 Å². The molecule has 1 aromatic rings. The van der Waals surface area contributed by atoms with E-state index in [0.29, 0.717) is 6.42 Å². The van der Waals surface area contributed by atoms with Gasteiger partial charge >= 0.3 is 10.2 Å². The molecule has 1 unspecified atom stereocenters. The Balaban J connectivity index is 2.97. The van der Waals surface area contributed by atoms with Crippen molar-refractivity contribution >= 4 is 20.2 Å². The van der Waals surface area contributed by atoms with Crippen LogP contribution >= 0.6 is 0 Å². The van der Waals surface area contributed by atoms with Gasteiger partial charge in [0.2, 0.25) is 10.0 Å². The van der Waals surface area contributed by atoms with Crippen molar-refractivity contribution in [3.05, 3.63) is 24.3 Å². The van der Waals surface area contributed by atoms with E-state index in [0.717, 1.165) is 30.7 Å². The van der Waals surface area contributed by atoms with E-state index in [2.05, 4.69) is 4.72 Å². The van der Waals surface area contributed by atoms with Gasteiger partial charge in [0.05, 0.1) is 16.4 Å². The monoisotopic (exact) mass is 339 g/mol. The fourth-order valence-corrected chi connectivity index (χ4v) is 3.51. The first-order valence-electron chi connectivity index (χ1n) is 6.26. The van der Waals surface area contributed by atoms with Crippen molar-refractivity contribution in [2.75, 3.05) is 13.7 Å². The minimum atomic E-state index is -4.84. The highest BCUT2D eigenvalue weighted by atomic mass is 32.3. The molecule has 1 rings (SSSR count). The molecule has 21 heavy (non-hydrogen) atoms. The lowest BCUT2D eigenvalue weighted by molar-refractivity contribution is 0.171. The molecule has 0 saturated carbocycles. The minimum Gasteiger partial charge on any atom is -0.383 e. The summed E-state index contributed by atoms with van der Waals surface area (Å²) in [5.41, 5.74) is 0. The lowest BCUT2D eigenvalue weighted by Crippen LogP contribution is -2.37. The third-order valence-corrected chi connectivity index (χ3v) is 5.11. The van der Waals surface area contributed by atoms with Gasteiger partial charge in [-0.25, -0.2) is 13.1 Å². The van der Waals surface area contributed by atoms with Crippen molar-refractivity contribution in [3.8, 4) is 0 Å². The largest absolute Gasteiger partial charge is 0.383 e. The number of sulfonamides is 1. The van der Waals surface area contributed by atoms with E-state index in [4.69, 9.17) is 4.74 Å². The Morgan fingerprint density at radius 3 is 2.10 bits per heavy atom. The highest BCUT2D eigenvalue weighted by molar-refractivity contribution is 7.89. The lowest BCUT2D eigenvalue weighted by atomic mass is 10.2. The van der Waals surface area contributed by atoms with Crippen LogP contribution in [0.4, 0.5) is 3.89 Å². The number of hydrogen-bond acceptors (Lipinski definition) is 5.